The number of amides is 1. The highest BCUT2D eigenvalue weighted by molar-refractivity contribution is 5.76. The quantitative estimate of drug-likeness (QED) is 0.791. The van der Waals surface area contributed by atoms with Gasteiger partial charge in [-0.15, -0.1) is 0 Å². The maximum absolute atomic E-state index is 11.7. The smallest absolute Gasteiger partial charge is 0.240 e. The molecular weight excluding hydrogens is 238 g/mol. The lowest BCUT2D eigenvalue weighted by atomic mass is 10.1. The van der Waals surface area contributed by atoms with Gasteiger partial charge in [0.1, 0.15) is 6.54 Å². The summed E-state index contributed by atoms with van der Waals surface area (Å²) in [6, 6.07) is 2.79. The van der Waals surface area contributed by atoms with Crippen molar-refractivity contribution in [3.8, 4) is 0 Å². The molecule has 1 heterocycles. The Bertz CT molecular complexity index is 421. The third kappa shape index (κ3) is 4.10. The molecule has 1 aromatic rings. The molecule has 2 rings (SSSR count). The fraction of sp³-hybridized carbons (Fsp3) is 0.667. The normalized spacial score (nSPS) is 16.6. The topological polar surface area (TPSA) is 46.1 Å². The molecule has 1 aliphatic rings. The van der Waals surface area contributed by atoms with Gasteiger partial charge in [-0.2, -0.15) is 0 Å². The third-order valence-corrected chi connectivity index (χ3v) is 3.43. The van der Waals surface area contributed by atoms with E-state index in [1.807, 2.05) is 24.6 Å². The molecular formula is C15H25N3O. The number of carbonyl (C=O) groups excluding carboxylic acids is 1. The summed E-state index contributed by atoms with van der Waals surface area (Å²) in [7, 11) is 0. The van der Waals surface area contributed by atoms with Crippen LogP contribution in [0.4, 0.5) is 0 Å². The molecule has 0 bridgehead atoms. The predicted molar refractivity (Wildman–Crippen MR) is 76.9 cm³/mol. The van der Waals surface area contributed by atoms with Gasteiger partial charge < -0.3 is 15.2 Å². The Labute approximate surface area is 115 Å². The second kappa shape index (κ2) is 6.24. The number of carbonyl (C=O) groups is 1. The van der Waals surface area contributed by atoms with Crippen molar-refractivity contribution < 1.29 is 4.79 Å². The number of hydrogen-bond donors (Lipinski definition) is 2. The highest BCUT2D eigenvalue weighted by Gasteiger charge is 2.32. The van der Waals surface area contributed by atoms with E-state index in [0.717, 1.165) is 12.5 Å². The second-order valence-electron chi connectivity index (χ2n) is 5.71. The molecule has 106 valence electrons. The van der Waals surface area contributed by atoms with Crippen LogP contribution in [0.2, 0.25) is 0 Å². The van der Waals surface area contributed by atoms with Crippen molar-refractivity contribution in [3.63, 3.8) is 0 Å². The Morgan fingerprint density at radius 1 is 1.47 bits per heavy atom. The Hall–Kier alpha value is -1.29. The van der Waals surface area contributed by atoms with Crippen LogP contribution in [-0.4, -0.2) is 23.1 Å². The molecule has 4 nitrogen and oxygen atoms in total. The maximum atomic E-state index is 11.7. The van der Waals surface area contributed by atoms with Crippen LogP contribution in [0.15, 0.2) is 18.5 Å². The van der Waals surface area contributed by atoms with Crippen molar-refractivity contribution in [2.24, 2.45) is 5.92 Å². The highest BCUT2D eigenvalue weighted by atomic mass is 16.2. The predicted octanol–water partition coefficient (Wildman–Crippen LogP) is 2.07. The van der Waals surface area contributed by atoms with Gasteiger partial charge in [-0.05, 0) is 50.8 Å². The van der Waals surface area contributed by atoms with Crippen LogP contribution in [0.1, 0.15) is 45.2 Å². The molecule has 0 saturated heterocycles. The van der Waals surface area contributed by atoms with Crippen LogP contribution in [-0.2, 0) is 11.3 Å². The average molecular weight is 263 g/mol. The van der Waals surface area contributed by atoms with E-state index in [0.29, 0.717) is 12.6 Å². The summed E-state index contributed by atoms with van der Waals surface area (Å²) in [4.78, 5) is 11.7. The van der Waals surface area contributed by atoms with Crippen LogP contribution in [0.5, 0.6) is 0 Å². The van der Waals surface area contributed by atoms with Gasteiger partial charge in [0.2, 0.25) is 5.91 Å². The van der Waals surface area contributed by atoms with E-state index in [4.69, 9.17) is 0 Å². The van der Waals surface area contributed by atoms with Gasteiger partial charge in [-0.1, -0.05) is 6.92 Å². The highest BCUT2D eigenvalue weighted by Crippen LogP contribution is 2.40. The number of nitrogens with one attached hydrogen (secondary N) is 2. The lowest BCUT2D eigenvalue weighted by Crippen LogP contribution is -2.32. The number of nitrogens with zero attached hydrogens (tertiary/aromatic N) is 1. The second-order valence-corrected chi connectivity index (χ2v) is 5.71. The zero-order valence-electron chi connectivity index (χ0n) is 12.1. The van der Waals surface area contributed by atoms with Crippen LogP contribution < -0.4 is 10.6 Å². The minimum Gasteiger partial charge on any atom is -0.352 e. The summed E-state index contributed by atoms with van der Waals surface area (Å²) in [6.07, 6.45) is 6.74. The molecule has 1 aliphatic carbocycles. The van der Waals surface area contributed by atoms with Crippen molar-refractivity contribution in [1.29, 1.82) is 0 Å². The van der Waals surface area contributed by atoms with E-state index in [1.165, 1.54) is 18.4 Å². The Morgan fingerprint density at radius 3 is 2.79 bits per heavy atom. The minimum absolute atomic E-state index is 0.0728. The molecule has 1 aromatic heterocycles. The Morgan fingerprint density at radius 2 is 2.21 bits per heavy atom. The first-order valence-corrected chi connectivity index (χ1v) is 7.28. The van der Waals surface area contributed by atoms with Crippen molar-refractivity contribution in [2.75, 3.05) is 6.54 Å². The van der Waals surface area contributed by atoms with E-state index in [-0.39, 0.29) is 11.9 Å². The van der Waals surface area contributed by atoms with Gasteiger partial charge in [-0.25, -0.2) is 0 Å². The zero-order valence-corrected chi connectivity index (χ0v) is 12.1. The van der Waals surface area contributed by atoms with Crippen molar-refractivity contribution in [3.05, 3.63) is 24.0 Å². The fourth-order valence-electron chi connectivity index (χ4n) is 2.48. The summed E-state index contributed by atoms with van der Waals surface area (Å²) < 4.78 is 1.97. The first-order chi connectivity index (χ1) is 9.10. The average Bonchev–Trinajstić information content (AvgIpc) is 3.06. The SMILES string of the molecule is CCNC(c1ccn(CC(=O)NC(C)C)c1)C1CC1. The Balaban J connectivity index is 1.95. The van der Waals surface area contributed by atoms with Crippen LogP contribution in [0.25, 0.3) is 0 Å². The van der Waals surface area contributed by atoms with Crippen molar-refractivity contribution >= 4 is 5.91 Å². The number of rotatable bonds is 7. The molecule has 0 radical (unpaired) electrons. The molecule has 19 heavy (non-hydrogen) atoms. The molecule has 0 spiro atoms. The summed E-state index contributed by atoms with van der Waals surface area (Å²) in [5.41, 5.74) is 1.31. The van der Waals surface area contributed by atoms with Crippen LogP contribution in [0, 0.1) is 5.92 Å². The standard InChI is InChI=1S/C15H25N3O/c1-4-16-15(12-5-6-12)13-7-8-18(9-13)10-14(19)17-11(2)3/h7-9,11-12,15-16H,4-6,10H2,1-3H3,(H,17,19). The Kier molecular flexibility index (Phi) is 4.64. The van der Waals surface area contributed by atoms with E-state index in [1.54, 1.807) is 0 Å². The lowest BCUT2D eigenvalue weighted by molar-refractivity contribution is -0.122. The number of aromatic nitrogens is 1. The van der Waals surface area contributed by atoms with Crippen molar-refractivity contribution in [1.82, 2.24) is 15.2 Å². The summed E-state index contributed by atoms with van der Waals surface area (Å²) in [6.45, 7) is 7.49. The van der Waals surface area contributed by atoms with Gasteiger partial charge in [0.15, 0.2) is 0 Å². The molecule has 0 aromatic carbocycles. The van der Waals surface area contributed by atoms with Crippen LogP contribution in [0.3, 0.4) is 0 Å². The number of hydrogen-bond acceptors (Lipinski definition) is 2. The van der Waals surface area contributed by atoms with Crippen LogP contribution >= 0.6 is 0 Å². The summed E-state index contributed by atoms with van der Waals surface area (Å²) in [5, 5.41) is 6.46. The summed E-state index contributed by atoms with van der Waals surface area (Å²) in [5.74, 6) is 0.851. The fourth-order valence-corrected chi connectivity index (χ4v) is 2.48. The van der Waals surface area contributed by atoms with Crippen molar-refractivity contribution in [2.45, 2.75) is 52.2 Å². The minimum atomic E-state index is 0.0728. The molecule has 2 N–H and O–H groups in total. The molecule has 1 fully saturated rings. The first kappa shape index (κ1) is 14.1. The van der Waals surface area contributed by atoms with E-state index >= 15 is 0 Å². The largest absolute Gasteiger partial charge is 0.352 e. The lowest BCUT2D eigenvalue weighted by Gasteiger charge is -2.15. The van der Waals surface area contributed by atoms with E-state index < -0.39 is 0 Å². The third-order valence-electron chi connectivity index (χ3n) is 3.43. The van der Waals surface area contributed by atoms with Gasteiger partial charge in [0, 0.05) is 24.5 Å². The van der Waals surface area contributed by atoms with Gasteiger partial charge in [-0.3, -0.25) is 4.79 Å². The molecule has 0 aliphatic heterocycles. The van der Waals surface area contributed by atoms with Gasteiger partial charge in [0.25, 0.3) is 0 Å². The molecule has 4 heteroatoms. The van der Waals surface area contributed by atoms with Gasteiger partial charge in [0.05, 0.1) is 0 Å². The zero-order chi connectivity index (χ0) is 13.8. The first-order valence-electron chi connectivity index (χ1n) is 7.28. The molecule has 1 saturated carbocycles. The summed E-state index contributed by atoms with van der Waals surface area (Å²) >= 11 is 0. The molecule has 1 atom stereocenters. The maximum Gasteiger partial charge on any atom is 0.240 e. The monoisotopic (exact) mass is 263 g/mol. The van der Waals surface area contributed by atoms with Gasteiger partial charge >= 0.3 is 0 Å². The molecule has 1 unspecified atom stereocenters. The van der Waals surface area contributed by atoms with E-state index in [9.17, 15) is 4.79 Å². The molecule has 1 amide bonds. The van der Waals surface area contributed by atoms with E-state index in [2.05, 4.69) is 29.8 Å².